The van der Waals surface area contributed by atoms with Crippen molar-refractivity contribution in [3.8, 4) is 17.6 Å². The molecular formula is C14H16N2O3S. The summed E-state index contributed by atoms with van der Waals surface area (Å²) >= 11 is 1.53. The van der Waals surface area contributed by atoms with Gasteiger partial charge in [-0.2, -0.15) is 5.26 Å². The van der Waals surface area contributed by atoms with Gasteiger partial charge in [-0.05, 0) is 31.2 Å². The van der Waals surface area contributed by atoms with Crippen molar-refractivity contribution in [3.05, 3.63) is 23.8 Å². The molecule has 20 heavy (non-hydrogen) atoms. The maximum Gasteiger partial charge on any atom is 0.257 e. The molecule has 2 rings (SSSR count). The van der Waals surface area contributed by atoms with Crippen LogP contribution in [0.1, 0.15) is 23.2 Å². The second-order valence-electron chi connectivity index (χ2n) is 4.80. The molecule has 0 bridgehead atoms. The van der Waals surface area contributed by atoms with Crippen LogP contribution in [0.5, 0.6) is 11.5 Å². The molecule has 0 radical (unpaired) electrons. The van der Waals surface area contributed by atoms with Gasteiger partial charge >= 0.3 is 0 Å². The van der Waals surface area contributed by atoms with Crippen LogP contribution in [0.4, 0.5) is 0 Å². The lowest BCUT2D eigenvalue weighted by Gasteiger charge is -2.36. The number of carbonyl (C=O) groups excluding carboxylic acids is 1. The lowest BCUT2D eigenvalue weighted by Crippen LogP contribution is -2.44. The summed E-state index contributed by atoms with van der Waals surface area (Å²) in [6, 6.07) is 6.26. The SMILES string of the molecule is CSC1(C#N)CCN(C(=O)c2ccc(O)cc2O)CC1. The van der Waals surface area contributed by atoms with Crippen LogP contribution < -0.4 is 0 Å². The average Bonchev–Trinajstić information content (AvgIpc) is 2.47. The van der Waals surface area contributed by atoms with E-state index < -0.39 is 4.75 Å². The van der Waals surface area contributed by atoms with E-state index in [0.29, 0.717) is 25.9 Å². The minimum atomic E-state index is -0.409. The Morgan fingerprint density at radius 1 is 1.40 bits per heavy atom. The van der Waals surface area contributed by atoms with Gasteiger partial charge in [-0.25, -0.2) is 0 Å². The van der Waals surface area contributed by atoms with Crippen LogP contribution in [-0.2, 0) is 0 Å². The molecule has 1 aliphatic rings. The first-order valence-corrected chi connectivity index (χ1v) is 7.51. The number of amides is 1. The maximum absolute atomic E-state index is 12.3. The molecule has 6 heteroatoms. The van der Waals surface area contributed by atoms with E-state index >= 15 is 0 Å². The fourth-order valence-electron chi connectivity index (χ4n) is 2.30. The zero-order valence-electron chi connectivity index (χ0n) is 11.2. The smallest absolute Gasteiger partial charge is 0.257 e. The van der Waals surface area contributed by atoms with E-state index in [9.17, 15) is 20.3 Å². The minimum absolute atomic E-state index is 0.0800. The number of phenolic OH excluding ortho intramolecular Hbond substituents is 2. The molecule has 1 aromatic rings. The Morgan fingerprint density at radius 3 is 2.55 bits per heavy atom. The summed E-state index contributed by atoms with van der Waals surface area (Å²) in [5.41, 5.74) is 0.177. The molecular weight excluding hydrogens is 276 g/mol. The van der Waals surface area contributed by atoms with Gasteiger partial charge in [0.2, 0.25) is 0 Å². The summed E-state index contributed by atoms with van der Waals surface area (Å²) in [5.74, 6) is -0.573. The van der Waals surface area contributed by atoms with E-state index in [1.165, 1.54) is 23.9 Å². The number of likely N-dealkylation sites (tertiary alicyclic amines) is 1. The van der Waals surface area contributed by atoms with Crippen molar-refractivity contribution < 1.29 is 15.0 Å². The molecule has 5 nitrogen and oxygen atoms in total. The largest absolute Gasteiger partial charge is 0.508 e. The molecule has 1 aliphatic heterocycles. The Kier molecular flexibility index (Phi) is 4.09. The van der Waals surface area contributed by atoms with Gasteiger partial charge in [0, 0.05) is 19.2 Å². The standard InChI is InChI=1S/C14H16N2O3S/c1-20-14(9-15)4-6-16(7-5-14)13(19)11-3-2-10(17)8-12(11)18/h2-3,8,17-18H,4-7H2,1H3. The van der Waals surface area contributed by atoms with Crippen LogP contribution in [0.15, 0.2) is 18.2 Å². The van der Waals surface area contributed by atoms with E-state index in [0.717, 1.165) is 6.07 Å². The molecule has 1 aromatic carbocycles. The van der Waals surface area contributed by atoms with Gasteiger partial charge in [-0.1, -0.05) is 0 Å². The quantitative estimate of drug-likeness (QED) is 0.870. The van der Waals surface area contributed by atoms with Crippen molar-refractivity contribution in [2.45, 2.75) is 17.6 Å². The number of carbonyl (C=O) groups is 1. The highest BCUT2D eigenvalue weighted by molar-refractivity contribution is 8.00. The fourth-order valence-corrected chi connectivity index (χ4v) is 2.99. The number of nitrogens with zero attached hydrogens (tertiary/aromatic N) is 2. The van der Waals surface area contributed by atoms with Crippen molar-refractivity contribution in [2.75, 3.05) is 19.3 Å². The third kappa shape index (κ3) is 2.68. The number of hydrogen-bond acceptors (Lipinski definition) is 5. The number of benzene rings is 1. The average molecular weight is 292 g/mol. The molecule has 0 saturated carbocycles. The Morgan fingerprint density at radius 2 is 2.05 bits per heavy atom. The van der Waals surface area contributed by atoms with Crippen molar-refractivity contribution in [1.29, 1.82) is 5.26 Å². The lowest BCUT2D eigenvalue weighted by atomic mass is 9.96. The Hall–Kier alpha value is -1.87. The first-order chi connectivity index (χ1) is 9.51. The normalized spacial score (nSPS) is 17.5. The van der Waals surface area contributed by atoms with Crippen LogP contribution in [-0.4, -0.2) is 45.1 Å². The number of thioether (sulfide) groups is 1. The van der Waals surface area contributed by atoms with Gasteiger partial charge in [-0.15, -0.1) is 11.8 Å². The monoisotopic (exact) mass is 292 g/mol. The molecule has 1 saturated heterocycles. The van der Waals surface area contributed by atoms with Crippen LogP contribution in [0, 0.1) is 11.3 Å². The third-order valence-electron chi connectivity index (χ3n) is 3.66. The first-order valence-electron chi connectivity index (χ1n) is 6.29. The Balaban J connectivity index is 2.11. The molecule has 0 aliphatic carbocycles. The van der Waals surface area contributed by atoms with Crippen LogP contribution in [0.3, 0.4) is 0 Å². The number of hydrogen-bond donors (Lipinski definition) is 2. The van der Waals surface area contributed by atoms with Crippen molar-refractivity contribution in [2.24, 2.45) is 0 Å². The molecule has 0 unspecified atom stereocenters. The first kappa shape index (κ1) is 14.5. The highest BCUT2D eigenvalue weighted by atomic mass is 32.2. The summed E-state index contributed by atoms with van der Waals surface area (Å²) in [6.45, 7) is 0.987. The summed E-state index contributed by atoms with van der Waals surface area (Å²) in [4.78, 5) is 14.0. The Labute approximate surface area is 121 Å². The van der Waals surface area contributed by atoms with Gasteiger partial charge in [-0.3, -0.25) is 4.79 Å². The van der Waals surface area contributed by atoms with Gasteiger partial charge in [0.05, 0.1) is 11.6 Å². The molecule has 0 spiro atoms. The highest BCUT2D eigenvalue weighted by Crippen LogP contribution is 2.34. The molecule has 1 heterocycles. The predicted molar refractivity (Wildman–Crippen MR) is 76.8 cm³/mol. The number of rotatable bonds is 2. The lowest BCUT2D eigenvalue weighted by molar-refractivity contribution is 0.0713. The van der Waals surface area contributed by atoms with E-state index in [2.05, 4.69) is 6.07 Å². The summed E-state index contributed by atoms with van der Waals surface area (Å²) in [6.07, 6.45) is 3.15. The maximum atomic E-state index is 12.3. The van der Waals surface area contributed by atoms with E-state index in [1.54, 1.807) is 4.90 Å². The highest BCUT2D eigenvalue weighted by Gasteiger charge is 2.36. The van der Waals surface area contributed by atoms with Crippen LogP contribution in [0.25, 0.3) is 0 Å². The zero-order valence-corrected chi connectivity index (χ0v) is 12.0. The predicted octanol–water partition coefficient (Wildman–Crippen LogP) is 1.96. The molecule has 106 valence electrons. The van der Waals surface area contributed by atoms with Crippen molar-refractivity contribution >= 4 is 17.7 Å². The second kappa shape index (κ2) is 5.63. The van der Waals surface area contributed by atoms with Crippen molar-refractivity contribution in [1.82, 2.24) is 4.90 Å². The summed E-state index contributed by atoms with van der Waals surface area (Å²) < 4.78 is -0.409. The van der Waals surface area contributed by atoms with Gasteiger partial charge in [0.15, 0.2) is 0 Å². The summed E-state index contributed by atoms with van der Waals surface area (Å²) in [7, 11) is 0. The van der Waals surface area contributed by atoms with Crippen LogP contribution >= 0.6 is 11.8 Å². The van der Waals surface area contributed by atoms with Gasteiger partial charge < -0.3 is 15.1 Å². The van der Waals surface area contributed by atoms with Gasteiger partial charge in [0.25, 0.3) is 5.91 Å². The third-order valence-corrected chi connectivity index (χ3v) is 4.95. The summed E-state index contributed by atoms with van der Waals surface area (Å²) in [5, 5.41) is 28.2. The topological polar surface area (TPSA) is 84.6 Å². The molecule has 0 atom stereocenters. The fraction of sp³-hybridized carbons (Fsp3) is 0.429. The minimum Gasteiger partial charge on any atom is -0.508 e. The van der Waals surface area contributed by atoms with Crippen LogP contribution in [0.2, 0.25) is 0 Å². The van der Waals surface area contributed by atoms with Crippen molar-refractivity contribution in [3.63, 3.8) is 0 Å². The van der Waals surface area contributed by atoms with E-state index in [-0.39, 0.29) is 23.0 Å². The van der Waals surface area contributed by atoms with E-state index in [4.69, 9.17) is 0 Å². The molecule has 1 amide bonds. The zero-order chi connectivity index (χ0) is 14.8. The number of nitriles is 1. The molecule has 1 fully saturated rings. The molecule has 0 aromatic heterocycles. The van der Waals surface area contributed by atoms with E-state index in [1.807, 2.05) is 6.26 Å². The second-order valence-corrected chi connectivity index (χ2v) is 5.99. The number of phenols is 2. The Bertz CT molecular complexity index is 560. The number of piperidine rings is 1. The van der Waals surface area contributed by atoms with Gasteiger partial charge in [0.1, 0.15) is 16.2 Å². The number of aromatic hydroxyl groups is 2. The molecule has 2 N–H and O–H groups in total.